The monoisotopic (exact) mass is 525 g/mol. The summed E-state index contributed by atoms with van der Waals surface area (Å²) >= 11 is 0. The second-order valence-electron chi connectivity index (χ2n) is 10.1. The number of hydrogen-bond acceptors (Lipinski definition) is 6. The van der Waals surface area contributed by atoms with Gasteiger partial charge in [0, 0.05) is 17.0 Å². The maximum absolute atomic E-state index is 12.5. The Morgan fingerprint density at radius 2 is 1.72 bits per heavy atom. The first-order valence-corrected chi connectivity index (χ1v) is 13.4. The third kappa shape index (κ3) is 5.67. The van der Waals surface area contributed by atoms with Crippen LogP contribution in [0.2, 0.25) is 0 Å². The van der Waals surface area contributed by atoms with E-state index in [1.54, 1.807) is 21.3 Å². The van der Waals surface area contributed by atoms with E-state index in [9.17, 15) is 4.79 Å². The van der Waals surface area contributed by atoms with Crippen molar-refractivity contribution >= 4 is 17.3 Å². The average molecular weight is 526 g/mol. The summed E-state index contributed by atoms with van der Waals surface area (Å²) in [5.74, 6) is 2.38. The highest BCUT2D eigenvalue weighted by Gasteiger charge is 2.34. The van der Waals surface area contributed by atoms with E-state index < -0.39 is 0 Å². The van der Waals surface area contributed by atoms with E-state index in [0.717, 1.165) is 58.0 Å². The van der Waals surface area contributed by atoms with E-state index >= 15 is 0 Å². The van der Waals surface area contributed by atoms with Crippen molar-refractivity contribution in [1.29, 1.82) is 0 Å². The minimum Gasteiger partial charge on any atom is -0.497 e. The van der Waals surface area contributed by atoms with Crippen LogP contribution in [0, 0.1) is 0 Å². The molecule has 2 aliphatic rings. The van der Waals surface area contributed by atoms with Crippen LogP contribution in [0.1, 0.15) is 66.3 Å². The van der Waals surface area contributed by atoms with E-state index in [1.165, 1.54) is 18.4 Å². The van der Waals surface area contributed by atoms with Gasteiger partial charge in [-0.15, -0.1) is 0 Å². The largest absolute Gasteiger partial charge is 0.497 e. The highest BCUT2D eigenvalue weighted by molar-refractivity contribution is 6.16. The molecule has 39 heavy (non-hydrogen) atoms. The Hall–Kier alpha value is -4.13. The Kier molecular flexibility index (Phi) is 7.96. The van der Waals surface area contributed by atoms with Crippen LogP contribution in [0.3, 0.4) is 0 Å². The van der Waals surface area contributed by atoms with Crippen LogP contribution in [-0.4, -0.2) is 44.7 Å². The van der Waals surface area contributed by atoms with Crippen molar-refractivity contribution in [3.05, 3.63) is 88.5 Å². The first-order chi connectivity index (χ1) is 19.0. The van der Waals surface area contributed by atoms with Crippen LogP contribution in [0.25, 0.3) is 0 Å². The third-order valence-corrected chi connectivity index (χ3v) is 7.64. The van der Waals surface area contributed by atoms with E-state index in [0.29, 0.717) is 11.7 Å². The molecule has 202 valence electrons. The minimum atomic E-state index is -0.186. The summed E-state index contributed by atoms with van der Waals surface area (Å²) < 4.78 is 16.5. The first kappa shape index (κ1) is 26.5. The predicted molar refractivity (Wildman–Crippen MR) is 154 cm³/mol. The summed E-state index contributed by atoms with van der Waals surface area (Å²) in [6.45, 7) is 1.90. The zero-order chi connectivity index (χ0) is 27.4. The van der Waals surface area contributed by atoms with Crippen molar-refractivity contribution in [1.82, 2.24) is 5.43 Å². The van der Waals surface area contributed by atoms with Crippen LogP contribution in [-0.2, 0) is 11.2 Å². The maximum atomic E-state index is 12.5. The molecule has 0 spiro atoms. The molecule has 5 rings (SSSR count). The van der Waals surface area contributed by atoms with Gasteiger partial charge in [0.25, 0.3) is 0 Å². The number of rotatable bonds is 8. The topological polar surface area (TPSA) is 81.5 Å². The minimum absolute atomic E-state index is 0.186. The van der Waals surface area contributed by atoms with Crippen molar-refractivity contribution in [3.8, 4) is 17.2 Å². The summed E-state index contributed by atoms with van der Waals surface area (Å²) in [6, 6.07) is 20.1. The molecule has 1 amide bonds. The number of fused-ring (bicyclic) bond motifs is 3. The molecule has 2 atom stereocenters. The number of carbonyl (C=O) groups excluding carboxylic acids is 1. The Balaban J connectivity index is 1.41. The highest BCUT2D eigenvalue weighted by atomic mass is 16.5. The Morgan fingerprint density at radius 1 is 0.949 bits per heavy atom. The van der Waals surface area contributed by atoms with Gasteiger partial charge in [-0.25, -0.2) is 5.43 Å². The molecule has 0 bridgehead atoms. The highest BCUT2D eigenvalue weighted by Crippen LogP contribution is 2.44. The van der Waals surface area contributed by atoms with Crippen molar-refractivity contribution in [2.45, 2.75) is 51.0 Å². The summed E-state index contributed by atoms with van der Waals surface area (Å²) in [4.78, 5) is 17.8. The number of nitrogens with one attached hydrogen (secondary N) is 1. The molecular weight excluding hydrogens is 490 g/mol. The molecule has 7 nitrogen and oxygen atoms in total. The lowest BCUT2D eigenvalue weighted by Crippen LogP contribution is -2.29. The SMILES string of the molecule is COc1cccc(CC(=O)NN=C(C)c2cccc(C3=N[C@@H]4CCCC[C@@H]4c4cc(OC)c(OC)cc43)c2)c1. The van der Waals surface area contributed by atoms with Gasteiger partial charge in [-0.05, 0) is 66.8 Å². The van der Waals surface area contributed by atoms with Crippen molar-refractivity contribution in [3.63, 3.8) is 0 Å². The fourth-order valence-electron chi connectivity index (χ4n) is 5.61. The number of amides is 1. The average Bonchev–Trinajstić information content (AvgIpc) is 2.98. The van der Waals surface area contributed by atoms with E-state index in [2.05, 4.69) is 34.8 Å². The van der Waals surface area contributed by atoms with Gasteiger partial charge in [0.2, 0.25) is 5.91 Å². The van der Waals surface area contributed by atoms with Gasteiger partial charge in [0.15, 0.2) is 11.5 Å². The van der Waals surface area contributed by atoms with Gasteiger partial charge in [-0.2, -0.15) is 5.10 Å². The molecule has 1 saturated carbocycles. The van der Waals surface area contributed by atoms with Crippen molar-refractivity contribution in [2.24, 2.45) is 10.1 Å². The summed E-state index contributed by atoms with van der Waals surface area (Å²) in [5, 5.41) is 4.39. The van der Waals surface area contributed by atoms with Crippen LogP contribution in [0.4, 0.5) is 0 Å². The van der Waals surface area contributed by atoms with Crippen LogP contribution < -0.4 is 19.6 Å². The number of methoxy groups -OCH3 is 3. The quantitative estimate of drug-likeness (QED) is 0.303. The molecule has 0 unspecified atom stereocenters. The molecule has 0 radical (unpaired) electrons. The normalized spacial score (nSPS) is 18.4. The number of hydrogen-bond donors (Lipinski definition) is 1. The number of carbonyl (C=O) groups is 1. The Bertz CT molecular complexity index is 1430. The molecular formula is C32H35N3O4. The number of ether oxygens (including phenoxy) is 3. The fourth-order valence-corrected chi connectivity index (χ4v) is 5.61. The fraction of sp³-hybridized carbons (Fsp3) is 0.344. The molecule has 1 fully saturated rings. The number of nitrogens with zero attached hydrogens (tertiary/aromatic N) is 2. The lowest BCUT2D eigenvalue weighted by molar-refractivity contribution is -0.120. The molecule has 1 heterocycles. The lowest BCUT2D eigenvalue weighted by Gasteiger charge is -2.35. The molecule has 0 aromatic heterocycles. The Morgan fingerprint density at radius 3 is 2.51 bits per heavy atom. The third-order valence-electron chi connectivity index (χ3n) is 7.64. The van der Waals surface area contributed by atoms with Crippen molar-refractivity contribution < 1.29 is 19.0 Å². The van der Waals surface area contributed by atoms with E-state index in [-0.39, 0.29) is 18.4 Å². The number of hydrazone groups is 1. The molecule has 3 aromatic carbocycles. The molecule has 7 heteroatoms. The zero-order valence-electron chi connectivity index (χ0n) is 23.0. The van der Waals surface area contributed by atoms with Gasteiger partial charge in [-0.1, -0.05) is 43.2 Å². The lowest BCUT2D eigenvalue weighted by atomic mass is 9.75. The van der Waals surface area contributed by atoms with Gasteiger partial charge in [0.05, 0.1) is 45.2 Å². The first-order valence-electron chi connectivity index (χ1n) is 13.4. The second-order valence-corrected chi connectivity index (χ2v) is 10.1. The summed E-state index contributed by atoms with van der Waals surface area (Å²) in [7, 11) is 4.96. The van der Waals surface area contributed by atoms with E-state index in [1.807, 2.05) is 43.3 Å². The molecule has 0 saturated heterocycles. The summed E-state index contributed by atoms with van der Waals surface area (Å²) in [6.07, 6.45) is 4.85. The van der Waals surface area contributed by atoms with Crippen molar-refractivity contribution in [2.75, 3.05) is 21.3 Å². The van der Waals surface area contributed by atoms with Crippen LogP contribution in [0.5, 0.6) is 17.2 Å². The molecule has 3 aromatic rings. The molecule has 1 aliphatic heterocycles. The van der Waals surface area contributed by atoms with Crippen LogP contribution in [0.15, 0.2) is 70.8 Å². The smallest absolute Gasteiger partial charge is 0.244 e. The Labute approximate surface area is 229 Å². The van der Waals surface area contributed by atoms with Gasteiger partial charge < -0.3 is 14.2 Å². The summed E-state index contributed by atoms with van der Waals surface area (Å²) in [5.41, 5.74) is 9.55. The predicted octanol–water partition coefficient (Wildman–Crippen LogP) is 5.67. The standard InChI is InChI=1S/C32H35N3O4/c1-20(34-35-31(36)16-21-9-7-12-24(15-21)37-2)22-10-8-11-23(17-22)32-27-19-30(39-4)29(38-3)18-26(27)25-13-5-6-14-28(25)33-32/h7-12,15,17-19,25,28H,5-6,13-14,16H2,1-4H3,(H,35,36)/t25-,28-/m1/s1. The van der Waals surface area contributed by atoms with Gasteiger partial charge in [0.1, 0.15) is 5.75 Å². The second kappa shape index (κ2) is 11.7. The molecule has 1 N–H and O–H groups in total. The van der Waals surface area contributed by atoms with Crippen LogP contribution >= 0.6 is 0 Å². The number of benzene rings is 3. The molecule has 1 aliphatic carbocycles. The van der Waals surface area contributed by atoms with Gasteiger partial charge in [-0.3, -0.25) is 9.79 Å². The maximum Gasteiger partial charge on any atom is 0.244 e. The zero-order valence-corrected chi connectivity index (χ0v) is 23.0. The number of aliphatic imine (C=N–C) groups is 1. The van der Waals surface area contributed by atoms with E-state index in [4.69, 9.17) is 19.2 Å². The van der Waals surface area contributed by atoms with Gasteiger partial charge >= 0.3 is 0 Å².